The molecular formula is C17H24N4O2. The van der Waals surface area contributed by atoms with Crippen LogP contribution in [0.1, 0.15) is 31.7 Å². The van der Waals surface area contributed by atoms with E-state index in [-0.39, 0.29) is 18.1 Å². The number of carbonyl (C=O) groups is 2. The molecular weight excluding hydrogens is 292 g/mol. The normalized spacial score (nSPS) is 22.9. The van der Waals surface area contributed by atoms with E-state index in [2.05, 4.69) is 23.6 Å². The van der Waals surface area contributed by atoms with E-state index < -0.39 is 0 Å². The van der Waals surface area contributed by atoms with Crippen LogP contribution in [0.2, 0.25) is 0 Å². The van der Waals surface area contributed by atoms with Crippen LogP contribution in [0.4, 0.5) is 15.3 Å². The molecule has 1 fully saturated rings. The van der Waals surface area contributed by atoms with Crippen LogP contribution >= 0.6 is 0 Å². The van der Waals surface area contributed by atoms with Crippen molar-refractivity contribution in [3.63, 3.8) is 0 Å². The Bertz CT molecular complexity index is 604. The van der Waals surface area contributed by atoms with Crippen molar-refractivity contribution in [1.29, 1.82) is 0 Å². The zero-order valence-corrected chi connectivity index (χ0v) is 13.7. The van der Waals surface area contributed by atoms with Crippen molar-refractivity contribution >= 4 is 17.7 Å². The molecule has 124 valence electrons. The van der Waals surface area contributed by atoms with E-state index >= 15 is 0 Å². The van der Waals surface area contributed by atoms with Gasteiger partial charge >= 0.3 is 12.1 Å². The van der Waals surface area contributed by atoms with Crippen molar-refractivity contribution < 1.29 is 9.59 Å². The molecule has 0 bridgehead atoms. The minimum atomic E-state index is -0.0652. The summed E-state index contributed by atoms with van der Waals surface area (Å²) >= 11 is 0. The van der Waals surface area contributed by atoms with Gasteiger partial charge < -0.3 is 15.5 Å². The van der Waals surface area contributed by atoms with Gasteiger partial charge in [0.1, 0.15) is 0 Å². The summed E-state index contributed by atoms with van der Waals surface area (Å²) in [5.74, 6) is 0.354. The Morgan fingerprint density at radius 3 is 2.78 bits per heavy atom. The van der Waals surface area contributed by atoms with Gasteiger partial charge in [0.2, 0.25) is 0 Å². The van der Waals surface area contributed by atoms with Gasteiger partial charge in [-0.05, 0) is 25.0 Å². The van der Waals surface area contributed by atoms with Crippen LogP contribution in [0.5, 0.6) is 0 Å². The first-order chi connectivity index (χ1) is 11.1. The van der Waals surface area contributed by atoms with E-state index in [0.717, 1.165) is 12.1 Å². The fourth-order valence-corrected chi connectivity index (χ4v) is 3.39. The van der Waals surface area contributed by atoms with Crippen molar-refractivity contribution in [1.82, 2.24) is 15.5 Å². The number of carbonyl (C=O) groups excluding carboxylic acids is 2. The van der Waals surface area contributed by atoms with E-state index in [4.69, 9.17) is 0 Å². The summed E-state index contributed by atoms with van der Waals surface area (Å²) in [6, 6.07) is 7.96. The third kappa shape index (κ3) is 3.11. The van der Waals surface area contributed by atoms with Crippen LogP contribution in [0.25, 0.3) is 0 Å². The third-order valence-corrected chi connectivity index (χ3v) is 4.59. The number of amides is 4. The predicted molar refractivity (Wildman–Crippen MR) is 89.8 cm³/mol. The number of anilines is 1. The van der Waals surface area contributed by atoms with E-state index in [9.17, 15) is 9.59 Å². The number of likely N-dealkylation sites (tertiary alicyclic amines) is 1. The minimum absolute atomic E-state index is 0.0215. The molecule has 6 nitrogen and oxygen atoms in total. The second-order valence-corrected chi connectivity index (χ2v) is 6.29. The molecule has 0 radical (unpaired) electrons. The number of nitrogens with zero attached hydrogens (tertiary/aromatic N) is 2. The maximum absolute atomic E-state index is 12.6. The number of para-hydroxylation sites is 1. The Morgan fingerprint density at radius 1 is 1.22 bits per heavy atom. The molecule has 0 unspecified atom stereocenters. The SMILES string of the molecule is CCNC(=O)N1CC[C@H](NC(=O)N2C[C@H](C)c3ccccc32)C1. The topological polar surface area (TPSA) is 64.7 Å². The van der Waals surface area contributed by atoms with Crippen LogP contribution in [-0.4, -0.2) is 49.2 Å². The standard InChI is InChI=1S/C17H24N4O2/c1-3-18-16(22)20-9-8-13(11-20)19-17(23)21-10-12(2)14-6-4-5-7-15(14)21/h4-7,12-13H,3,8-11H2,1-2H3,(H,18,22)(H,19,23)/t12-,13-/m0/s1. The Labute approximate surface area is 136 Å². The maximum atomic E-state index is 12.6. The van der Waals surface area contributed by atoms with Crippen LogP contribution in [0.3, 0.4) is 0 Å². The Morgan fingerprint density at radius 2 is 2.00 bits per heavy atom. The molecule has 2 aliphatic heterocycles. The number of nitrogens with one attached hydrogen (secondary N) is 2. The largest absolute Gasteiger partial charge is 0.338 e. The molecule has 2 heterocycles. The molecule has 0 saturated carbocycles. The van der Waals surface area contributed by atoms with Gasteiger partial charge in [0, 0.05) is 43.8 Å². The van der Waals surface area contributed by atoms with E-state index in [1.54, 1.807) is 4.90 Å². The summed E-state index contributed by atoms with van der Waals surface area (Å²) < 4.78 is 0. The minimum Gasteiger partial charge on any atom is -0.338 e. The fourth-order valence-electron chi connectivity index (χ4n) is 3.39. The van der Waals surface area contributed by atoms with Gasteiger partial charge in [-0.3, -0.25) is 4.90 Å². The van der Waals surface area contributed by atoms with Crippen LogP contribution < -0.4 is 15.5 Å². The first-order valence-corrected chi connectivity index (χ1v) is 8.30. The van der Waals surface area contributed by atoms with Gasteiger partial charge in [-0.15, -0.1) is 0 Å². The Kier molecular flexibility index (Phi) is 4.41. The van der Waals surface area contributed by atoms with Gasteiger partial charge in [-0.1, -0.05) is 25.1 Å². The van der Waals surface area contributed by atoms with E-state index in [1.165, 1.54) is 5.56 Å². The highest BCUT2D eigenvalue weighted by Crippen LogP contribution is 2.35. The molecule has 6 heteroatoms. The molecule has 1 aromatic carbocycles. The summed E-state index contributed by atoms with van der Waals surface area (Å²) in [7, 11) is 0. The average molecular weight is 316 g/mol. The highest BCUT2D eigenvalue weighted by molar-refractivity contribution is 5.94. The second-order valence-electron chi connectivity index (χ2n) is 6.29. The van der Waals surface area contributed by atoms with Gasteiger partial charge in [0.15, 0.2) is 0 Å². The quantitative estimate of drug-likeness (QED) is 0.878. The number of benzene rings is 1. The number of rotatable bonds is 2. The summed E-state index contributed by atoms with van der Waals surface area (Å²) in [5, 5.41) is 5.87. The zero-order chi connectivity index (χ0) is 16.4. The second kappa shape index (κ2) is 6.48. The summed E-state index contributed by atoms with van der Waals surface area (Å²) in [4.78, 5) is 28.0. The van der Waals surface area contributed by atoms with Crippen LogP contribution in [0.15, 0.2) is 24.3 Å². The molecule has 0 aromatic heterocycles. The maximum Gasteiger partial charge on any atom is 0.322 e. The lowest BCUT2D eigenvalue weighted by Crippen LogP contribution is -2.46. The first kappa shape index (κ1) is 15.6. The van der Waals surface area contributed by atoms with Crippen molar-refractivity contribution in [2.45, 2.75) is 32.2 Å². The number of fused-ring (bicyclic) bond motifs is 1. The molecule has 4 amide bonds. The molecule has 0 aliphatic carbocycles. The Hall–Kier alpha value is -2.24. The molecule has 2 atom stereocenters. The molecule has 0 spiro atoms. The van der Waals surface area contributed by atoms with Crippen LogP contribution in [-0.2, 0) is 0 Å². The van der Waals surface area contributed by atoms with E-state index in [0.29, 0.717) is 32.1 Å². The predicted octanol–water partition coefficient (Wildman–Crippen LogP) is 2.12. The van der Waals surface area contributed by atoms with Gasteiger partial charge in [0.25, 0.3) is 0 Å². The zero-order valence-electron chi connectivity index (χ0n) is 13.7. The highest BCUT2D eigenvalue weighted by atomic mass is 16.2. The van der Waals surface area contributed by atoms with E-state index in [1.807, 2.05) is 30.0 Å². The van der Waals surface area contributed by atoms with Gasteiger partial charge in [0.05, 0.1) is 0 Å². The smallest absolute Gasteiger partial charge is 0.322 e. The van der Waals surface area contributed by atoms with Crippen LogP contribution in [0, 0.1) is 0 Å². The molecule has 23 heavy (non-hydrogen) atoms. The molecule has 3 rings (SSSR count). The monoisotopic (exact) mass is 316 g/mol. The first-order valence-electron chi connectivity index (χ1n) is 8.30. The molecule has 1 aromatic rings. The molecule has 2 N–H and O–H groups in total. The number of hydrogen-bond donors (Lipinski definition) is 2. The lowest BCUT2D eigenvalue weighted by Gasteiger charge is -2.22. The van der Waals surface area contributed by atoms with Crippen molar-refractivity contribution in [2.24, 2.45) is 0 Å². The highest BCUT2D eigenvalue weighted by Gasteiger charge is 2.32. The lowest BCUT2D eigenvalue weighted by atomic mass is 10.0. The summed E-state index contributed by atoms with van der Waals surface area (Å²) in [6.07, 6.45) is 0.800. The fraction of sp³-hybridized carbons (Fsp3) is 0.529. The number of urea groups is 2. The van der Waals surface area contributed by atoms with Gasteiger partial charge in [-0.25, -0.2) is 9.59 Å². The van der Waals surface area contributed by atoms with Crippen molar-refractivity contribution in [3.05, 3.63) is 29.8 Å². The average Bonchev–Trinajstić information content (AvgIpc) is 3.13. The number of hydrogen-bond acceptors (Lipinski definition) is 2. The lowest BCUT2D eigenvalue weighted by molar-refractivity contribution is 0.207. The molecule has 1 saturated heterocycles. The van der Waals surface area contributed by atoms with Crippen molar-refractivity contribution in [2.75, 3.05) is 31.1 Å². The van der Waals surface area contributed by atoms with Crippen molar-refractivity contribution in [3.8, 4) is 0 Å². The summed E-state index contributed by atoms with van der Waals surface area (Å²) in [6.45, 7) is 6.62. The van der Waals surface area contributed by atoms with Gasteiger partial charge in [-0.2, -0.15) is 0 Å². The molecule has 2 aliphatic rings. The third-order valence-electron chi connectivity index (χ3n) is 4.59. The summed E-state index contributed by atoms with van der Waals surface area (Å²) in [5.41, 5.74) is 2.22. The Balaban J connectivity index is 1.60.